The molecule has 4 nitrogen and oxygen atoms in total. The summed E-state index contributed by atoms with van der Waals surface area (Å²) < 4.78 is 5.70. The molecule has 1 aromatic carbocycles. The summed E-state index contributed by atoms with van der Waals surface area (Å²) in [6.07, 6.45) is 7.24. The molecule has 25 heavy (non-hydrogen) atoms. The van der Waals surface area contributed by atoms with Gasteiger partial charge in [-0.25, -0.2) is 4.79 Å². The number of carbonyl (C=O) groups excluding carboxylic acids is 1. The Labute approximate surface area is 148 Å². The monoisotopic (exact) mass is 336 g/mol. The third-order valence-corrected chi connectivity index (χ3v) is 5.20. The number of aromatic nitrogens is 1. The number of aryl methyl sites for hydroxylation is 1. The van der Waals surface area contributed by atoms with Gasteiger partial charge in [-0.1, -0.05) is 24.6 Å². The lowest BCUT2D eigenvalue weighted by Crippen LogP contribution is -2.29. The van der Waals surface area contributed by atoms with Crippen molar-refractivity contribution in [3.05, 3.63) is 65.0 Å². The normalized spacial score (nSPS) is 20.2. The van der Waals surface area contributed by atoms with Crippen LogP contribution in [0.5, 0.6) is 0 Å². The van der Waals surface area contributed by atoms with E-state index in [1.807, 2.05) is 30.3 Å². The zero-order valence-corrected chi connectivity index (χ0v) is 14.5. The van der Waals surface area contributed by atoms with Gasteiger partial charge in [-0.2, -0.15) is 0 Å². The fourth-order valence-corrected chi connectivity index (χ4v) is 3.81. The summed E-state index contributed by atoms with van der Waals surface area (Å²) in [7, 11) is 0. The highest BCUT2D eigenvalue weighted by Crippen LogP contribution is 2.32. The molecule has 0 amide bonds. The van der Waals surface area contributed by atoms with Gasteiger partial charge in [0.15, 0.2) is 0 Å². The Bertz CT molecular complexity index is 736. The first-order chi connectivity index (χ1) is 12.3. The first-order valence-corrected chi connectivity index (χ1v) is 9.26. The van der Waals surface area contributed by atoms with Crippen LogP contribution in [0.25, 0.3) is 0 Å². The van der Waals surface area contributed by atoms with Crippen molar-refractivity contribution in [1.82, 2.24) is 9.88 Å². The second kappa shape index (κ2) is 7.36. The predicted octanol–water partition coefficient (Wildman–Crippen LogP) is 3.91. The first-order valence-electron chi connectivity index (χ1n) is 9.26. The third-order valence-electron chi connectivity index (χ3n) is 5.20. The number of piperidine rings is 1. The standard InChI is InChI=1S/C21H24N2O2/c24-21(25-19-11-10-17-5-4-12-22-20(17)19)18-8-6-16(7-9-18)15-23-13-2-1-3-14-23/h4-9,12,19H,1-3,10-11,13-15H2/t19-/m0/s1. The van der Waals surface area contributed by atoms with Crippen LogP contribution >= 0.6 is 0 Å². The van der Waals surface area contributed by atoms with Crippen LogP contribution in [-0.4, -0.2) is 28.9 Å². The number of hydrogen-bond donors (Lipinski definition) is 0. The number of carbonyl (C=O) groups is 1. The predicted molar refractivity (Wildman–Crippen MR) is 96.3 cm³/mol. The molecule has 1 fully saturated rings. The molecule has 0 radical (unpaired) electrons. The van der Waals surface area contributed by atoms with Crippen LogP contribution in [0.4, 0.5) is 0 Å². The molecule has 2 aromatic rings. The summed E-state index contributed by atoms with van der Waals surface area (Å²) in [6.45, 7) is 3.32. The Balaban J connectivity index is 1.38. The summed E-state index contributed by atoms with van der Waals surface area (Å²) in [4.78, 5) is 19.3. The molecular weight excluding hydrogens is 312 g/mol. The summed E-state index contributed by atoms with van der Waals surface area (Å²) in [5.41, 5.74) is 3.98. The molecule has 1 atom stereocenters. The average molecular weight is 336 g/mol. The molecular formula is C21H24N2O2. The van der Waals surface area contributed by atoms with E-state index in [9.17, 15) is 4.79 Å². The third kappa shape index (κ3) is 3.74. The minimum absolute atomic E-state index is 0.211. The minimum Gasteiger partial charge on any atom is -0.452 e. The van der Waals surface area contributed by atoms with Gasteiger partial charge in [0.25, 0.3) is 0 Å². The molecule has 2 heterocycles. The van der Waals surface area contributed by atoms with E-state index in [-0.39, 0.29) is 12.1 Å². The number of esters is 1. The van der Waals surface area contributed by atoms with Crippen LogP contribution in [-0.2, 0) is 17.7 Å². The van der Waals surface area contributed by atoms with Crippen LogP contribution in [0.15, 0.2) is 42.6 Å². The van der Waals surface area contributed by atoms with E-state index in [1.165, 1.54) is 43.5 Å². The van der Waals surface area contributed by atoms with Gasteiger partial charge >= 0.3 is 5.97 Å². The van der Waals surface area contributed by atoms with Crippen molar-refractivity contribution in [1.29, 1.82) is 0 Å². The van der Waals surface area contributed by atoms with Crippen LogP contribution in [0.1, 0.15) is 59.0 Å². The molecule has 0 saturated carbocycles. The van der Waals surface area contributed by atoms with E-state index in [0.717, 1.165) is 25.1 Å². The topological polar surface area (TPSA) is 42.4 Å². The van der Waals surface area contributed by atoms with Crippen LogP contribution in [0, 0.1) is 0 Å². The van der Waals surface area contributed by atoms with E-state index in [2.05, 4.69) is 16.0 Å². The van der Waals surface area contributed by atoms with Crippen molar-refractivity contribution in [2.24, 2.45) is 0 Å². The molecule has 1 saturated heterocycles. The molecule has 4 rings (SSSR count). The number of rotatable bonds is 4. The smallest absolute Gasteiger partial charge is 0.338 e. The molecule has 1 aromatic heterocycles. The van der Waals surface area contributed by atoms with Crippen LogP contribution in [0.3, 0.4) is 0 Å². The van der Waals surface area contributed by atoms with Gasteiger partial charge < -0.3 is 4.74 Å². The number of likely N-dealkylation sites (tertiary alicyclic amines) is 1. The highest BCUT2D eigenvalue weighted by atomic mass is 16.5. The maximum absolute atomic E-state index is 12.5. The summed E-state index contributed by atoms with van der Waals surface area (Å²) in [6, 6.07) is 11.9. The Morgan fingerprint density at radius 2 is 1.92 bits per heavy atom. The van der Waals surface area contributed by atoms with E-state index in [1.54, 1.807) is 6.20 Å². The van der Waals surface area contributed by atoms with Crippen molar-refractivity contribution in [3.8, 4) is 0 Å². The van der Waals surface area contributed by atoms with Crippen molar-refractivity contribution >= 4 is 5.97 Å². The lowest BCUT2D eigenvalue weighted by molar-refractivity contribution is 0.0292. The van der Waals surface area contributed by atoms with Gasteiger partial charge in [0.05, 0.1) is 11.3 Å². The Morgan fingerprint density at radius 3 is 2.72 bits per heavy atom. The number of fused-ring (bicyclic) bond motifs is 1. The number of ether oxygens (including phenoxy) is 1. The minimum atomic E-state index is -0.256. The van der Waals surface area contributed by atoms with Gasteiger partial charge in [-0.15, -0.1) is 0 Å². The van der Waals surface area contributed by atoms with Crippen molar-refractivity contribution in [2.45, 2.75) is 44.8 Å². The zero-order chi connectivity index (χ0) is 17.1. The highest BCUT2D eigenvalue weighted by Gasteiger charge is 2.27. The van der Waals surface area contributed by atoms with E-state index >= 15 is 0 Å². The second-order valence-electron chi connectivity index (χ2n) is 7.01. The quantitative estimate of drug-likeness (QED) is 0.794. The van der Waals surface area contributed by atoms with E-state index in [4.69, 9.17) is 4.74 Å². The van der Waals surface area contributed by atoms with Crippen molar-refractivity contribution < 1.29 is 9.53 Å². The first kappa shape index (κ1) is 16.3. The largest absolute Gasteiger partial charge is 0.452 e. The highest BCUT2D eigenvalue weighted by molar-refractivity contribution is 5.89. The molecule has 0 spiro atoms. The fraction of sp³-hybridized carbons (Fsp3) is 0.429. The molecule has 130 valence electrons. The molecule has 0 bridgehead atoms. The van der Waals surface area contributed by atoms with Crippen LogP contribution in [0.2, 0.25) is 0 Å². The fourth-order valence-electron chi connectivity index (χ4n) is 3.81. The Hall–Kier alpha value is -2.20. The molecule has 0 unspecified atom stereocenters. The Kier molecular flexibility index (Phi) is 4.79. The molecule has 2 aliphatic rings. The molecule has 4 heteroatoms. The number of hydrogen-bond acceptors (Lipinski definition) is 4. The average Bonchev–Trinajstić information content (AvgIpc) is 3.06. The van der Waals surface area contributed by atoms with Gasteiger partial charge in [0, 0.05) is 12.7 Å². The van der Waals surface area contributed by atoms with Gasteiger partial charge in [0.2, 0.25) is 0 Å². The van der Waals surface area contributed by atoms with Crippen molar-refractivity contribution in [2.75, 3.05) is 13.1 Å². The van der Waals surface area contributed by atoms with Crippen LogP contribution < -0.4 is 0 Å². The summed E-state index contributed by atoms with van der Waals surface area (Å²) in [5.74, 6) is -0.256. The van der Waals surface area contributed by atoms with Gasteiger partial charge in [0.1, 0.15) is 6.10 Å². The number of benzene rings is 1. The molecule has 0 N–H and O–H groups in total. The zero-order valence-electron chi connectivity index (χ0n) is 14.5. The Morgan fingerprint density at radius 1 is 1.12 bits per heavy atom. The van der Waals surface area contributed by atoms with E-state index < -0.39 is 0 Å². The second-order valence-corrected chi connectivity index (χ2v) is 7.01. The SMILES string of the molecule is O=C(O[C@H]1CCc2cccnc21)c1ccc(CN2CCCCC2)cc1. The van der Waals surface area contributed by atoms with E-state index in [0.29, 0.717) is 5.56 Å². The maximum atomic E-state index is 12.5. The summed E-state index contributed by atoms with van der Waals surface area (Å²) in [5, 5.41) is 0. The van der Waals surface area contributed by atoms with Gasteiger partial charge in [-0.05, 0) is 68.1 Å². The number of nitrogens with zero attached hydrogens (tertiary/aromatic N) is 2. The molecule has 1 aliphatic heterocycles. The number of pyridine rings is 1. The maximum Gasteiger partial charge on any atom is 0.338 e. The van der Waals surface area contributed by atoms with Gasteiger partial charge in [-0.3, -0.25) is 9.88 Å². The lowest BCUT2D eigenvalue weighted by atomic mass is 10.1. The molecule has 1 aliphatic carbocycles. The lowest BCUT2D eigenvalue weighted by Gasteiger charge is -2.26. The van der Waals surface area contributed by atoms with Crippen molar-refractivity contribution in [3.63, 3.8) is 0 Å². The summed E-state index contributed by atoms with van der Waals surface area (Å²) >= 11 is 0.